The zero-order valence-electron chi connectivity index (χ0n) is 9.49. The molecule has 0 amide bonds. The molecule has 2 heterocycles. The van der Waals surface area contributed by atoms with Crippen LogP contribution in [-0.2, 0) is 0 Å². The topological polar surface area (TPSA) is 30.7 Å². The highest BCUT2D eigenvalue weighted by atomic mass is 19.1. The van der Waals surface area contributed by atoms with E-state index in [0.29, 0.717) is 5.69 Å². The van der Waals surface area contributed by atoms with Crippen molar-refractivity contribution >= 4 is 0 Å². The Bertz CT molecular complexity index is 662. The van der Waals surface area contributed by atoms with E-state index in [2.05, 4.69) is 10.1 Å². The van der Waals surface area contributed by atoms with Gasteiger partial charge in [0.1, 0.15) is 5.82 Å². The number of hydrogen-bond acceptors (Lipinski definition) is 2. The van der Waals surface area contributed by atoms with Gasteiger partial charge in [0.2, 0.25) is 0 Å². The third-order valence-electron chi connectivity index (χ3n) is 2.62. The zero-order valence-corrected chi connectivity index (χ0v) is 9.49. The molecule has 0 fully saturated rings. The molecular weight excluding hydrogens is 229 g/mol. The van der Waals surface area contributed by atoms with E-state index >= 15 is 0 Å². The monoisotopic (exact) mass is 239 g/mol. The summed E-state index contributed by atoms with van der Waals surface area (Å²) >= 11 is 0. The maximum Gasteiger partial charge on any atom is 0.125 e. The van der Waals surface area contributed by atoms with Gasteiger partial charge in [-0.25, -0.2) is 9.07 Å². The molecule has 0 aliphatic rings. The Kier molecular flexibility index (Phi) is 2.61. The Morgan fingerprint density at radius 3 is 2.67 bits per heavy atom. The van der Waals surface area contributed by atoms with Crippen molar-refractivity contribution in [1.82, 2.24) is 14.8 Å². The number of pyridine rings is 1. The molecule has 0 spiro atoms. The van der Waals surface area contributed by atoms with Gasteiger partial charge in [-0.2, -0.15) is 5.10 Å². The summed E-state index contributed by atoms with van der Waals surface area (Å²) in [6.45, 7) is 0. The Hall–Kier alpha value is -2.49. The van der Waals surface area contributed by atoms with Crippen LogP contribution in [0.2, 0.25) is 0 Å². The molecule has 4 heteroatoms. The van der Waals surface area contributed by atoms with Crippen LogP contribution in [0.5, 0.6) is 0 Å². The Balaban J connectivity index is 2.13. The van der Waals surface area contributed by atoms with E-state index in [-0.39, 0.29) is 5.82 Å². The molecule has 18 heavy (non-hydrogen) atoms. The van der Waals surface area contributed by atoms with E-state index in [1.54, 1.807) is 23.1 Å². The first-order valence-corrected chi connectivity index (χ1v) is 5.56. The lowest BCUT2D eigenvalue weighted by Crippen LogP contribution is -1.99. The normalized spacial score (nSPS) is 10.5. The lowest BCUT2D eigenvalue weighted by molar-refractivity contribution is 0.625. The molecule has 2 aromatic heterocycles. The van der Waals surface area contributed by atoms with Gasteiger partial charge < -0.3 is 0 Å². The van der Waals surface area contributed by atoms with E-state index in [4.69, 9.17) is 0 Å². The molecular formula is C14H10FN3. The second-order valence-electron chi connectivity index (χ2n) is 3.82. The van der Waals surface area contributed by atoms with Crippen LogP contribution in [0.25, 0.3) is 17.1 Å². The lowest BCUT2D eigenvalue weighted by atomic mass is 10.2. The molecule has 0 aliphatic heterocycles. The summed E-state index contributed by atoms with van der Waals surface area (Å²) in [5.74, 6) is -0.282. The van der Waals surface area contributed by atoms with E-state index < -0.39 is 0 Å². The van der Waals surface area contributed by atoms with Crippen molar-refractivity contribution in [2.45, 2.75) is 0 Å². The average Bonchev–Trinajstić information content (AvgIpc) is 2.89. The summed E-state index contributed by atoms with van der Waals surface area (Å²) in [5.41, 5.74) is 2.32. The molecule has 0 N–H and O–H groups in total. The largest absolute Gasteiger partial charge is 0.255 e. The summed E-state index contributed by atoms with van der Waals surface area (Å²) in [6.07, 6.45) is 3.40. The molecule has 0 radical (unpaired) electrons. The van der Waals surface area contributed by atoms with Crippen LogP contribution in [0.15, 0.2) is 60.9 Å². The van der Waals surface area contributed by atoms with Crippen molar-refractivity contribution in [3.63, 3.8) is 0 Å². The van der Waals surface area contributed by atoms with Gasteiger partial charge in [0.25, 0.3) is 0 Å². The van der Waals surface area contributed by atoms with Crippen LogP contribution in [0.1, 0.15) is 0 Å². The summed E-state index contributed by atoms with van der Waals surface area (Å²) < 4.78 is 14.9. The molecule has 3 aromatic rings. The maximum absolute atomic E-state index is 13.2. The smallest absolute Gasteiger partial charge is 0.125 e. The van der Waals surface area contributed by atoms with Crippen LogP contribution >= 0.6 is 0 Å². The zero-order chi connectivity index (χ0) is 12.4. The fourth-order valence-corrected chi connectivity index (χ4v) is 1.83. The third kappa shape index (κ3) is 1.88. The molecule has 88 valence electrons. The first-order chi connectivity index (χ1) is 8.84. The average molecular weight is 239 g/mol. The second kappa shape index (κ2) is 4.41. The highest BCUT2D eigenvalue weighted by Crippen LogP contribution is 2.20. The van der Waals surface area contributed by atoms with Gasteiger partial charge in [0.05, 0.1) is 23.3 Å². The number of halogens is 1. The first kappa shape index (κ1) is 10.7. The molecule has 0 bridgehead atoms. The molecule has 0 saturated heterocycles. The fourth-order valence-electron chi connectivity index (χ4n) is 1.83. The Morgan fingerprint density at radius 1 is 0.944 bits per heavy atom. The van der Waals surface area contributed by atoms with Gasteiger partial charge >= 0.3 is 0 Å². The van der Waals surface area contributed by atoms with Crippen molar-refractivity contribution in [2.24, 2.45) is 0 Å². The summed E-state index contributed by atoms with van der Waals surface area (Å²) in [6, 6.07) is 13.8. The summed E-state index contributed by atoms with van der Waals surface area (Å²) in [4.78, 5) is 4.28. The van der Waals surface area contributed by atoms with E-state index in [1.807, 2.05) is 30.3 Å². The predicted molar refractivity (Wildman–Crippen MR) is 66.8 cm³/mol. The van der Waals surface area contributed by atoms with Crippen molar-refractivity contribution in [1.29, 1.82) is 0 Å². The first-order valence-electron chi connectivity index (χ1n) is 5.56. The van der Waals surface area contributed by atoms with Gasteiger partial charge in [-0.1, -0.05) is 12.1 Å². The number of hydrogen-bond donors (Lipinski definition) is 0. The molecule has 0 aliphatic carbocycles. The van der Waals surface area contributed by atoms with Crippen molar-refractivity contribution in [3.05, 3.63) is 66.7 Å². The van der Waals surface area contributed by atoms with Crippen LogP contribution < -0.4 is 0 Å². The predicted octanol–water partition coefficient (Wildman–Crippen LogP) is 3.07. The molecule has 3 nitrogen and oxygen atoms in total. The van der Waals surface area contributed by atoms with E-state index in [1.165, 1.54) is 12.1 Å². The van der Waals surface area contributed by atoms with Crippen LogP contribution in [0.3, 0.4) is 0 Å². The van der Waals surface area contributed by atoms with Crippen LogP contribution in [0.4, 0.5) is 4.39 Å². The number of aromatic nitrogens is 3. The Labute approximate surface area is 104 Å². The highest BCUT2D eigenvalue weighted by molar-refractivity contribution is 5.57. The minimum Gasteiger partial charge on any atom is -0.255 e. The van der Waals surface area contributed by atoms with Gasteiger partial charge in [0, 0.05) is 6.20 Å². The Morgan fingerprint density at radius 2 is 1.89 bits per heavy atom. The van der Waals surface area contributed by atoms with Gasteiger partial charge in [-0.15, -0.1) is 0 Å². The van der Waals surface area contributed by atoms with Crippen molar-refractivity contribution in [2.75, 3.05) is 0 Å². The van der Waals surface area contributed by atoms with Crippen LogP contribution in [0, 0.1) is 5.82 Å². The lowest BCUT2D eigenvalue weighted by Gasteiger charge is -2.06. The third-order valence-corrected chi connectivity index (χ3v) is 2.62. The summed E-state index contributed by atoms with van der Waals surface area (Å²) in [7, 11) is 0. The minimum atomic E-state index is -0.282. The second-order valence-corrected chi connectivity index (χ2v) is 3.82. The molecule has 0 saturated carbocycles. The minimum absolute atomic E-state index is 0.282. The molecule has 1 aromatic carbocycles. The molecule has 0 unspecified atom stereocenters. The quantitative estimate of drug-likeness (QED) is 0.688. The molecule has 0 atom stereocenters. The number of benzene rings is 1. The SMILES string of the molecule is Fc1cccc(-n2nccc2-c2ccccn2)c1. The van der Waals surface area contributed by atoms with E-state index in [9.17, 15) is 4.39 Å². The number of rotatable bonds is 2. The molecule has 3 rings (SSSR count). The highest BCUT2D eigenvalue weighted by Gasteiger charge is 2.08. The summed E-state index contributed by atoms with van der Waals surface area (Å²) in [5, 5.41) is 4.21. The van der Waals surface area contributed by atoms with Crippen molar-refractivity contribution in [3.8, 4) is 17.1 Å². The van der Waals surface area contributed by atoms with Crippen LogP contribution in [-0.4, -0.2) is 14.8 Å². The van der Waals surface area contributed by atoms with E-state index in [0.717, 1.165) is 11.4 Å². The fraction of sp³-hybridized carbons (Fsp3) is 0. The van der Waals surface area contributed by atoms with Crippen molar-refractivity contribution < 1.29 is 4.39 Å². The maximum atomic E-state index is 13.2. The van der Waals surface area contributed by atoms with Gasteiger partial charge in [0.15, 0.2) is 0 Å². The number of nitrogens with zero attached hydrogens (tertiary/aromatic N) is 3. The van der Waals surface area contributed by atoms with Gasteiger partial charge in [-0.05, 0) is 36.4 Å². The standard InChI is InChI=1S/C14H10FN3/c15-11-4-3-5-12(10-11)18-14(7-9-17-18)13-6-1-2-8-16-13/h1-10H. The van der Waals surface area contributed by atoms with Gasteiger partial charge in [-0.3, -0.25) is 4.98 Å².